The van der Waals surface area contributed by atoms with E-state index in [9.17, 15) is 4.39 Å². The molecule has 0 aliphatic carbocycles. The molecule has 0 atom stereocenters. The molecule has 1 N–H and O–H groups in total. The molecule has 0 saturated carbocycles. The summed E-state index contributed by atoms with van der Waals surface area (Å²) in [5, 5.41) is 3.24. The lowest BCUT2D eigenvalue weighted by atomic mass is 10.1. The van der Waals surface area contributed by atoms with Crippen molar-refractivity contribution in [3.05, 3.63) is 53.9 Å². The maximum Gasteiger partial charge on any atom is 0.137 e. The molecule has 0 spiro atoms. The maximum absolute atomic E-state index is 12.0. The largest absolute Gasteiger partial charge is 0.492 e. The summed E-state index contributed by atoms with van der Waals surface area (Å²) in [5.74, 6) is 1.34. The van der Waals surface area contributed by atoms with E-state index < -0.39 is 0 Å². The first-order valence-corrected chi connectivity index (χ1v) is 7.38. The van der Waals surface area contributed by atoms with Gasteiger partial charge in [0.05, 0.1) is 19.5 Å². The SMILES string of the molecule is C=N/C=C\c1cc(Nc2ccc(OCCCF)cn2)ccc1C. The number of rotatable bonds is 8. The van der Waals surface area contributed by atoms with Gasteiger partial charge in [0.1, 0.15) is 11.6 Å². The number of aryl methyl sites for hydroxylation is 1. The van der Waals surface area contributed by atoms with Crippen molar-refractivity contribution in [2.45, 2.75) is 13.3 Å². The van der Waals surface area contributed by atoms with Crippen LogP contribution < -0.4 is 10.1 Å². The average Bonchev–Trinajstić information content (AvgIpc) is 2.57. The normalized spacial score (nSPS) is 10.7. The fourth-order valence-corrected chi connectivity index (χ4v) is 1.96. The van der Waals surface area contributed by atoms with Crippen molar-refractivity contribution in [3.63, 3.8) is 0 Å². The summed E-state index contributed by atoms with van der Waals surface area (Å²) in [6, 6.07) is 9.67. The van der Waals surface area contributed by atoms with E-state index in [-0.39, 0.29) is 6.67 Å². The van der Waals surface area contributed by atoms with Gasteiger partial charge in [-0.05, 0) is 55.1 Å². The van der Waals surface area contributed by atoms with Crippen LogP contribution in [0, 0.1) is 6.92 Å². The third kappa shape index (κ3) is 5.21. The lowest BCUT2D eigenvalue weighted by molar-refractivity contribution is 0.289. The maximum atomic E-state index is 12.0. The number of hydrogen-bond donors (Lipinski definition) is 1. The summed E-state index contributed by atoms with van der Waals surface area (Å²) in [7, 11) is 0. The standard InChI is InChI=1S/C18H20FN3O/c1-14-4-5-16(12-15(14)8-10-20-2)22-18-7-6-17(13-21-18)23-11-3-9-19/h4-8,10,12-13H,2-3,9,11H2,1H3,(H,21,22)/b10-8-. The number of aliphatic imine (C=N–C) groups is 1. The van der Waals surface area contributed by atoms with E-state index in [1.165, 1.54) is 0 Å². The smallest absolute Gasteiger partial charge is 0.137 e. The Labute approximate surface area is 135 Å². The van der Waals surface area contributed by atoms with Gasteiger partial charge >= 0.3 is 0 Å². The molecule has 0 amide bonds. The predicted octanol–water partition coefficient (Wildman–Crippen LogP) is 4.54. The molecule has 4 nitrogen and oxygen atoms in total. The highest BCUT2D eigenvalue weighted by molar-refractivity contribution is 5.64. The van der Waals surface area contributed by atoms with Gasteiger partial charge < -0.3 is 10.1 Å². The van der Waals surface area contributed by atoms with Gasteiger partial charge in [0, 0.05) is 18.3 Å². The second-order valence-electron chi connectivity index (χ2n) is 4.96. The zero-order valence-corrected chi connectivity index (χ0v) is 13.1. The average molecular weight is 313 g/mol. The quantitative estimate of drug-likeness (QED) is 0.575. The molecule has 0 radical (unpaired) electrons. The number of pyridine rings is 1. The summed E-state index contributed by atoms with van der Waals surface area (Å²) < 4.78 is 17.4. The van der Waals surface area contributed by atoms with Gasteiger partial charge in [-0.3, -0.25) is 9.38 Å². The Kier molecular flexibility index (Phi) is 6.29. The third-order valence-corrected chi connectivity index (χ3v) is 3.19. The monoisotopic (exact) mass is 313 g/mol. The summed E-state index contributed by atoms with van der Waals surface area (Å²) >= 11 is 0. The number of ether oxygens (including phenoxy) is 1. The summed E-state index contributed by atoms with van der Waals surface area (Å²) in [6.45, 7) is 5.45. The first kappa shape index (κ1) is 16.7. The highest BCUT2D eigenvalue weighted by Crippen LogP contribution is 2.21. The number of halogens is 1. The Balaban J connectivity index is 2.04. The predicted molar refractivity (Wildman–Crippen MR) is 93.4 cm³/mol. The van der Waals surface area contributed by atoms with E-state index in [1.54, 1.807) is 12.4 Å². The molecule has 0 saturated heterocycles. The van der Waals surface area contributed by atoms with Crippen LogP contribution in [0.4, 0.5) is 15.9 Å². The molecule has 0 aliphatic heterocycles. The van der Waals surface area contributed by atoms with Gasteiger partial charge in [-0.1, -0.05) is 6.07 Å². The Morgan fingerprint density at radius 1 is 1.35 bits per heavy atom. The van der Waals surface area contributed by atoms with Crippen molar-refractivity contribution in [2.24, 2.45) is 4.99 Å². The van der Waals surface area contributed by atoms with Crippen LogP contribution in [0.25, 0.3) is 6.08 Å². The second-order valence-corrected chi connectivity index (χ2v) is 4.96. The van der Waals surface area contributed by atoms with E-state index in [4.69, 9.17) is 4.74 Å². The highest BCUT2D eigenvalue weighted by Gasteiger charge is 2.01. The Hall–Kier alpha value is -2.69. The van der Waals surface area contributed by atoms with Crippen LogP contribution >= 0.6 is 0 Å². The molecule has 0 unspecified atom stereocenters. The number of aromatic nitrogens is 1. The number of anilines is 2. The zero-order valence-electron chi connectivity index (χ0n) is 13.1. The topological polar surface area (TPSA) is 46.5 Å². The molecule has 2 aromatic rings. The molecule has 1 aromatic heterocycles. The molecule has 5 heteroatoms. The first-order valence-electron chi connectivity index (χ1n) is 7.38. The first-order chi connectivity index (χ1) is 11.2. The van der Waals surface area contributed by atoms with Crippen LogP contribution in [0.15, 0.2) is 47.7 Å². The number of nitrogens with one attached hydrogen (secondary N) is 1. The van der Waals surface area contributed by atoms with Crippen LogP contribution in [-0.2, 0) is 0 Å². The van der Waals surface area contributed by atoms with Crippen LogP contribution in [0.2, 0.25) is 0 Å². The van der Waals surface area contributed by atoms with Crippen molar-refractivity contribution in [2.75, 3.05) is 18.6 Å². The summed E-state index contributed by atoms with van der Waals surface area (Å²) in [5.41, 5.74) is 3.14. The van der Waals surface area contributed by atoms with Crippen LogP contribution in [-0.4, -0.2) is 25.0 Å². The highest BCUT2D eigenvalue weighted by atomic mass is 19.1. The number of hydrogen-bond acceptors (Lipinski definition) is 4. The van der Waals surface area contributed by atoms with Gasteiger partial charge in [0.25, 0.3) is 0 Å². The molecular weight excluding hydrogens is 293 g/mol. The van der Waals surface area contributed by atoms with Crippen molar-refractivity contribution < 1.29 is 9.13 Å². The molecule has 120 valence electrons. The number of alkyl halides is 1. The van der Waals surface area contributed by atoms with Gasteiger partial charge in [0.2, 0.25) is 0 Å². The second kappa shape index (κ2) is 8.68. The van der Waals surface area contributed by atoms with Gasteiger partial charge in [-0.15, -0.1) is 0 Å². The van der Waals surface area contributed by atoms with Crippen LogP contribution in [0.5, 0.6) is 5.75 Å². The van der Waals surface area contributed by atoms with Gasteiger partial charge in [-0.25, -0.2) is 4.98 Å². The Morgan fingerprint density at radius 3 is 2.91 bits per heavy atom. The summed E-state index contributed by atoms with van der Waals surface area (Å²) in [6.07, 6.45) is 5.58. The minimum atomic E-state index is -0.376. The number of nitrogens with zero attached hydrogens (tertiary/aromatic N) is 2. The van der Waals surface area contributed by atoms with Crippen molar-refractivity contribution in [1.82, 2.24) is 4.98 Å². The molecule has 1 heterocycles. The minimum Gasteiger partial charge on any atom is -0.492 e. The third-order valence-electron chi connectivity index (χ3n) is 3.19. The van der Waals surface area contributed by atoms with E-state index >= 15 is 0 Å². The van der Waals surface area contributed by atoms with Crippen molar-refractivity contribution >= 4 is 24.3 Å². The molecule has 0 aliphatic rings. The Bertz CT molecular complexity index is 668. The molecule has 0 fully saturated rings. The number of benzene rings is 1. The van der Waals surface area contributed by atoms with Crippen LogP contribution in [0.1, 0.15) is 17.5 Å². The van der Waals surface area contributed by atoms with Gasteiger partial charge in [-0.2, -0.15) is 0 Å². The van der Waals surface area contributed by atoms with E-state index in [0.717, 1.165) is 16.8 Å². The van der Waals surface area contributed by atoms with E-state index in [2.05, 4.69) is 22.0 Å². The fraction of sp³-hybridized carbons (Fsp3) is 0.222. The molecule has 23 heavy (non-hydrogen) atoms. The fourth-order valence-electron chi connectivity index (χ4n) is 1.96. The zero-order chi connectivity index (χ0) is 16.5. The lowest BCUT2D eigenvalue weighted by Gasteiger charge is -2.09. The minimum absolute atomic E-state index is 0.357. The van der Waals surface area contributed by atoms with Crippen LogP contribution in [0.3, 0.4) is 0 Å². The van der Waals surface area contributed by atoms with Gasteiger partial charge in [0.15, 0.2) is 0 Å². The lowest BCUT2D eigenvalue weighted by Crippen LogP contribution is -1.99. The Morgan fingerprint density at radius 2 is 2.22 bits per heavy atom. The molecule has 1 aromatic carbocycles. The van der Waals surface area contributed by atoms with E-state index in [1.807, 2.05) is 43.3 Å². The molecular formula is C18H20FN3O. The van der Waals surface area contributed by atoms with Crippen molar-refractivity contribution in [3.8, 4) is 5.75 Å². The van der Waals surface area contributed by atoms with E-state index in [0.29, 0.717) is 24.6 Å². The molecule has 0 bridgehead atoms. The molecule has 2 rings (SSSR count). The summed E-state index contributed by atoms with van der Waals surface area (Å²) in [4.78, 5) is 8.02. The van der Waals surface area contributed by atoms with Crippen molar-refractivity contribution in [1.29, 1.82) is 0 Å².